The molecule has 0 amide bonds. The highest BCUT2D eigenvalue weighted by atomic mass is 16.6. The molecule has 0 aromatic heterocycles. The second-order valence-corrected chi connectivity index (χ2v) is 6.49. The van der Waals surface area contributed by atoms with E-state index in [1.807, 2.05) is 54.6 Å². The molecule has 1 N–H and O–H groups in total. The first-order valence-electron chi connectivity index (χ1n) is 9.19. The van der Waals surface area contributed by atoms with Crippen molar-refractivity contribution in [3.63, 3.8) is 0 Å². The quantitative estimate of drug-likeness (QED) is 0.596. The summed E-state index contributed by atoms with van der Waals surface area (Å²) in [5.41, 5.74) is 3.00. The summed E-state index contributed by atoms with van der Waals surface area (Å²) in [5, 5.41) is 3.22. The first-order valence-corrected chi connectivity index (χ1v) is 9.19. The van der Waals surface area contributed by atoms with Gasteiger partial charge in [0.2, 0.25) is 6.23 Å². The maximum absolute atomic E-state index is 12.4. The molecule has 6 heteroatoms. The van der Waals surface area contributed by atoms with Gasteiger partial charge >= 0.3 is 5.97 Å². The highest BCUT2D eigenvalue weighted by Gasteiger charge is 2.35. The highest BCUT2D eigenvalue weighted by molar-refractivity contribution is 5.98. The van der Waals surface area contributed by atoms with Crippen LogP contribution >= 0.6 is 0 Å². The number of hydrogen-bond acceptors (Lipinski definition) is 6. The highest BCUT2D eigenvalue weighted by Crippen LogP contribution is 2.42. The molecule has 3 aromatic carbocycles. The van der Waals surface area contributed by atoms with Gasteiger partial charge in [0.1, 0.15) is 17.9 Å². The standard InChI is InChI=1S/C23H21NO5/c1-26-19-13-12-18-20(21(19)27-2)23(25)29-22(18)24-16-8-10-17(11-9-16)28-14-15-6-4-3-5-7-15/h3-13,22,24H,14H2,1-2H3/t22-/m1/s1. The summed E-state index contributed by atoms with van der Waals surface area (Å²) in [5.74, 6) is 1.18. The number of carbonyl (C=O) groups excluding carboxylic acids is 1. The summed E-state index contributed by atoms with van der Waals surface area (Å²) in [4.78, 5) is 12.4. The Bertz CT molecular complexity index is 1000. The fraction of sp³-hybridized carbons (Fsp3) is 0.174. The van der Waals surface area contributed by atoms with E-state index in [1.54, 1.807) is 12.1 Å². The van der Waals surface area contributed by atoms with E-state index in [1.165, 1.54) is 14.2 Å². The molecule has 4 rings (SSSR count). The van der Waals surface area contributed by atoms with Crippen molar-refractivity contribution in [2.45, 2.75) is 12.8 Å². The molecule has 148 valence electrons. The SMILES string of the molecule is COc1ccc2c(c1OC)C(=O)O[C@H]2Nc1ccc(OCc2ccccc2)cc1. The number of nitrogens with one attached hydrogen (secondary N) is 1. The van der Waals surface area contributed by atoms with E-state index >= 15 is 0 Å². The Morgan fingerprint density at radius 3 is 2.38 bits per heavy atom. The first kappa shape index (κ1) is 18.7. The molecule has 1 heterocycles. The van der Waals surface area contributed by atoms with Crippen molar-refractivity contribution in [3.8, 4) is 17.2 Å². The lowest BCUT2D eigenvalue weighted by Crippen LogP contribution is -2.10. The molecule has 6 nitrogen and oxygen atoms in total. The van der Waals surface area contributed by atoms with Gasteiger partial charge in [0.15, 0.2) is 11.5 Å². The van der Waals surface area contributed by atoms with E-state index < -0.39 is 12.2 Å². The van der Waals surface area contributed by atoms with E-state index in [2.05, 4.69) is 5.32 Å². The molecular weight excluding hydrogens is 370 g/mol. The van der Waals surface area contributed by atoms with E-state index in [-0.39, 0.29) is 0 Å². The molecule has 0 radical (unpaired) electrons. The summed E-state index contributed by atoms with van der Waals surface area (Å²) in [6.07, 6.45) is -0.603. The van der Waals surface area contributed by atoms with Crippen LogP contribution in [0.25, 0.3) is 0 Å². The Hall–Kier alpha value is -3.67. The van der Waals surface area contributed by atoms with Gasteiger partial charge in [-0.05, 0) is 42.0 Å². The first-order chi connectivity index (χ1) is 14.2. The summed E-state index contributed by atoms with van der Waals surface area (Å²) in [6, 6.07) is 21.0. The Kier molecular flexibility index (Phi) is 5.24. The number of benzene rings is 3. The van der Waals surface area contributed by atoms with Gasteiger partial charge in [0.05, 0.1) is 14.2 Å². The topological polar surface area (TPSA) is 66.0 Å². The Labute approximate surface area is 169 Å². The van der Waals surface area contributed by atoms with Crippen molar-refractivity contribution in [2.24, 2.45) is 0 Å². The molecule has 0 fully saturated rings. The van der Waals surface area contributed by atoms with Crippen molar-refractivity contribution in [1.82, 2.24) is 0 Å². The molecule has 1 aliphatic rings. The Balaban J connectivity index is 1.46. The predicted octanol–water partition coefficient (Wildman–Crippen LogP) is 4.56. The minimum Gasteiger partial charge on any atom is -0.493 e. The van der Waals surface area contributed by atoms with Gasteiger partial charge in [-0.15, -0.1) is 0 Å². The van der Waals surface area contributed by atoms with Crippen molar-refractivity contribution >= 4 is 11.7 Å². The zero-order valence-corrected chi connectivity index (χ0v) is 16.2. The summed E-state index contributed by atoms with van der Waals surface area (Å²) in [6.45, 7) is 0.503. The maximum atomic E-state index is 12.4. The predicted molar refractivity (Wildman–Crippen MR) is 109 cm³/mol. The average Bonchev–Trinajstić information content (AvgIpc) is 3.08. The van der Waals surface area contributed by atoms with Crippen LogP contribution in [0.15, 0.2) is 66.7 Å². The van der Waals surface area contributed by atoms with E-state index in [0.29, 0.717) is 29.2 Å². The molecule has 0 bridgehead atoms. The summed E-state index contributed by atoms with van der Waals surface area (Å²) >= 11 is 0. The van der Waals surface area contributed by atoms with Crippen molar-refractivity contribution < 1.29 is 23.7 Å². The van der Waals surface area contributed by atoms with Crippen LogP contribution in [-0.2, 0) is 11.3 Å². The lowest BCUT2D eigenvalue weighted by molar-refractivity contribution is 0.0435. The van der Waals surface area contributed by atoms with Gasteiger partial charge in [-0.3, -0.25) is 0 Å². The van der Waals surface area contributed by atoms with Crippen LogP contribution in [0.4, 0.5) is 5.69 Å². The zero-order valence-electron chi connectivity index (χ0n) is 16.2. The van der Waals surface area contributed by atoms with Crippen LogP contribution in [-0.4, -0.2) is 20.2 Å². The van der Waals surface area contributed by atoms with E-state index in [9.17, 15) is 4.79 Å². The monoisotopic (exact) mass is 391 g/mol. The van der Waals surface area contributed by atoms with Gasteiger partial charge in [-0.1, -0.05) is 30.3 Å². The third-order valence-electron chi connectivity index (χ3n) is 4.69. The van der Waals surface area contributed by atoms with Crippen LogP contribution in [0.5, 0.6) is 17.2 Å². The van der Waals surface area contributed by atoms with Crippen LogP contribution in [0.2, 0.25) is 0 Å². The number of rotatable bonds is 7. The molecule has 0 saturated carbocycles. The molecule has 1 aliphatic heterocycles. The molecule has 0 saturated heterocycles. The number of methoxy groups -OCH3 is 2. The lowest BCUT2D eigenvalue weighted by Gasteiger charge is -2.15. The zero-order chi connectivity index (χ0) is 20.2. The number of carbonyl (C=O) groups is 1. The number of esters is 1. The number of fused-ring (bicyclic) bond motifs is 1. The molecule has 29 heavy (non-hydrogen) atoms. The largest absolute Gasteiger partial charge is 0.493 e. The van der Waals surface area contributed by atoms with Crippen LogP contribution in [0.3, 0.4) is 0 Å². The molecule has 0 aliphatic carbocycles. The van der Waals surface area contributed by atoms with E-state index in [4.69, 9.17) is 18.9 Å². The lowest BCUT2D eigenvalue weighted by atomic mass is 10.1. The van der Waals surface area contributed by atoms with Gasteiger partial charge < -0.3 is 24.3 Å². The van der Waals surface area contributed by atoms with E-state index in [0.717, 1.165) is 17.0 Å². The number of cyclic esters (lactones) is 1. The average molecular weight is 391 g/mol. The Morgan fingerprint density at radius 2 is 1.69 bits per heavy atom. The van der Waals surface area contributed by atoms with Crippen molar-refractivity contribution in [2.75, 3.05) is 19.5 Å². The molecule has 0 spiro atoms. The van der Waals surface area contributed by atoms with Crippen LogP contribution in [0, 0.1) is 0 Å². The number of hydrogen-bond donors (Lipinski definition) is 1. The third-order valence-corrected chi connectivity index (χ3v) is 4.69. The number of ether oxygens (including phenoxy) is 4. The van der Waals surface area contributed by atoms with Gasteiger partial charge in [-0.25, -0.2) is 4.79 Å². The Morgan fingerprint density at radius 1 is 0.931 bits per heavy atom. The molecule has 1 atom stereocenters. The second-order valence-electron chi connectivity index (χ2n) is 6.49. The molecule has 0 unspecified atom stereocenters. The minimum atomic E-state index is -0.603. The van der Waals surface area contributed by atoms with Crippen molar-refractivity contribution in [1.29, 1.82) is 0 Å². The fourth-order valence-electron chi connectivity index (χ4n) is 3.25. The summed E-state index contributed by atoms with van der Waals surface area (Å²) in [7, 11) is 3.03. The van der Waals surface area contributed by atoms with Gasteiger partial charge in [0.25, 0.3) is 0 Å². The third kappa shape index (κ3) is 3.82. The second kappa shape index (κ2) is 8.14. The number of anilines is 1. The summed E-state index contributed by atoms with van der Waals surface area (Å²) < 4.78 is 21.9. The van der Waals surface area contributed by atoms with Crippen molar-refractivity contribution in [3.05, 3.63) is 83.4 Å². The van der Waals surface area contributed by atoms with Crippen LogP contribution in [0.1, 0.15) is 27.7 Å². The molecule has 3 aromatic rings. The smallest absolute Gasteiger partial charge is 0.344 e. The van der Waals surface area contributed by atoms with Gasteiger partial charge in [0, 0.05) is 11.3 Å². The van der Waals surface area contributed by atoms with Crippen LogP contribution < -0.4 is 19.5 Å². The maximum Gasteiger partial charge on any atom is 0.344 e. The normalized spacial score (nSPS) is 14.7. The fourth-order valence-corrected chi connectivity index (χ4v) is 3.25. The molecular formula is C23H21NO5. The van der Waals surface area contributed by atoms with Gasteiger partial charge in [-0.2, -0.15) is 0 Å². The minimum absolute atomic E-state index is 0.379.